The van der Waals surface area contributed by atoms with Crippen LogP contribution >= 0.6 is 0 Å². The van der Waals surface area contributed by atoms with Gasteiger partial charge in [-0.15, -0.1) is 0 Å². The van der Waals surface area contributed by atoms with Crippen LogP contribution in [0.3, 0.4) is 0 Å². The highest BCUT2D eigenvalue weighted by molar-refractivity contribution is 5.94. The van der Waals surface area contributed by atoms with Crippen LogP contribution in [0.5, 0.6) is 5.75 Å². The van der Waals surface area contributed by atoms with Crippen molar-refractivity contribution in [2.75, 3.05) is 32.8 Å². The average Bonchev–Trinajstić information content (AvgIpc) is 2.75. The quantitative estimate of drug-likeness (QED) is 0.684. The van der Waals surface area contributed by atoms with Gasteiger partial charge in [0.05, 0.1) is 12.1 Å². The first-order valence-corrected chi connectivity index (χ1v) is 9.81. The number of nitrogens with zero attached hydrogens (tertiary/aromatic N) is 3. The van der Waals surface area contributed by atoms with Crippen molar-refractivity contribution in [3.8, 4) is 5.75 Å². The second-order valence-electron chi connectivity index (χ2n) is 7.02. The van der Waals surface area contributed by atoms with Crippen molar-refractivity contribution in [2.24, 2.45) is 0 Å². The number of ether oxygens (including phenoxy) is 1. The van der Waals surface area contributed by atoms with Crippen molar-refractivity contribution < 1.29 is 9.53 Å². The minimum atomic E-state index is 0.0922. The van der Waals surface area contributed by atoms with Gasteiger partial charge < -0.3 is 9.64 Å². The van der Waals surface area contributed by atoms with Crippen LogP contribution in [-0.4, -0.2) is 53.5 Å². The molecule has 0 unspecified atom stereocenters. The second-order valence-corrected chi connectivity index (χ2v) is 7.02. The van der Waals surface area contributed by atoms with Gasteiger partial charge in [0, 0.05) is 49.9 Å². The van der Waals surface area contributed by atoms with E-state index in [-0.39, 0.29) is 5.91 Å². The van der Waals surface area contributed by atoms with E-state index in [9.17, 15) is 4.79 Å². The number of benzene rings is 2. The Kier molecular flexibility index (Phi) is 5.53. The molecule has 0 aliphatic carbocycles. The first kappa shape index (κ1) is 18.4. The van der Waals surface area contributed by atoms with Crippen LogP contribution in [0.4, 0.5) is 0 Å². The van der Waals surface area contributed by atoms with Gasteiger partial charge in [0.25, 0.3) is 5.91 Å². The predicted octanol–water partition coefficient (Wildman–Crippen LogP) is 3.59. The lowest BCUT2D eigenvalue weighted by Crippen LogP contribution is -2.48. The Labute approximate surface area is 165 Å². The largest absolute Gasteiger partial charge is 0.494 e. The third-order valence-corrected chi connectivity index (χ3v) is 5.18. The Hall–Kier alpha value is -2.92. The van der Waals surface area contributed by atoms with Crippen LogP contribution in [0, 0.1) is 0 Å². The lowest BCUT2D eigenvalue weighted by molar-refractivity contribution is 0.0629. The number of piperazine rings is 1. The molecule has 2 heterocycles. The van der Waals surface area contributed by atoms with Gasteiger partial charge in [0.1, 0.15) is 5.75 Å². The van der Waals surface area contributed by atoms with E-state index in [0.717, 1.165) is 49.6 Å². The number of hydrogen-bond acceptors (Lipinski definition) is 4. The van der Waals surface area contributed by atoms with Crippen LogP contribution < -0.4 is 4.74 Å². The summed E-state index contributed by atoms with van der Waals surface area (Å²) >= 11 is 0. The molecule has 4 rings (SSSR count). The fraction of sp³-hybridized carbons (Fsp3) is 0.304. The predicted molar refractivity (Wildman–Crippen MR) is 111 cm³/mol. The van der Waals surface area contributed by atoms with E-state index in [1.54, 1.807) is 0 Å². The average molecular weight is 375 g/mol. The van der Waals surface area contributed by atoms with E-state index in [2.05, 4.69) is 34.1 Å². The Bertz CT molecular complexity index is 942. The van der Waals surface area contributed by atoms with Crippen molar-refractivity contribution in [3.63, 3.8) is 0 Å². The summed E-state index contributed by atoms with van der Waals surface area (Å²) < 4.78 is 5.45. The van der Waals surface area contributed by atoms with Gasteiger partial charge in [-0.2, -0.15) is 0 Å². The van der Waals surface area contributed by atoms with E-state index in [1.165, 1.54) is 10.9 Å². The van der Waals surface area contributed by atoms with Gasteiger partial charge in [-0.3, -0.25) is 14.7 Å². The number of fused-ring (bicyclic) bond motifs is 1. The van der Waals surface area contributed by atoms with E-state index in [0.29, 0.717) is 6.61 Å². The minimum Gasteiger partial charge on any atom is -0.494 e. The maximum atomic E-state index is 12.8. The summed E-state index contributed by atoms with van der Waals surface area (Å²) in [5, 5.41) is 1.17. The Morgan fingerprint density at radius 3 is 2.50 bits per heavy atom. The number of carbonyl (C=O) groups excluding carboxylic acids is 1. The number of para-hydroxylation sites is 1. The molecule has 5 heteroatoms. The molecule has 1 amide bonds. The summed E-state index contributed by atoms with van der Waals surface area (Å²) in [6.45, 7) is 6.65. The number of carbonyl (C=O) groups is 1. The molecule has 0 saturated carbocycles. The summed E-state index contributed by atoms with van der Waals surface area (Å²) in [7, 11) is 0. The highest BCUT2D eigenvalue weighted by atomic mass is 16.5. The third-order valence-electron chi connectivity index (χ3n) is 5.18. The van der Waals surface area contributed by atoms with Crippen molar-refractivity contribution in [2.45, 2.75) is 13.5 Å². The Morgan fingerprint density at radius 1 is 1.00 bits per heavy atom. The lowest BCUT2D eigenvalue weighted by Gasteiger charge is -2.35. The first-order valence-electron chi connectivity index (χ1n) is 9.81. The zero-order valence-electron chi connectivity index (χ0n) is 16.2. The molecule has 5 nitrogen and oxygen atoms in total. The van der Waals surface area contributed by atoms with E-state index < -0.39 is 0 Å². The fourth-order valence-corrected chi connectivity index (χ4v) is 3.69. The molecule has 0 N–H and O–H groups in total. The van der Waals surface area contributed by atoms with E-state index >= 15 is 0 Å². The summed E-state index contributed by atoms with van der Waals surface area (Å²) in [5.41, 5.74) is 3.03. The molecule has 1 aromatic heterocycles. The van der Waals surface area contributed by atoms with E-state index in [4.69, 9.17) is 4.74 Å². The second kappa shape index (κ2) is 8.40. The van der Waals surface area contributed by atoms with Crippen molar-refractivity contribution >= 4 is 16.8 Å². The third kappa shape index (κ3) is 3.99. The standard InChI is InChI=1S/C23H25N3O2/c1-2-28-21-10-8-19(9-11-21)23(27)26-15-13-25(14-16-26)17-20-6-3-5-18-7-4-12-24-22(18)20/h3-12H,2,13-17H2,1H3. The summed E-state index contributed by atoms with van der Waals surface area (Å²) in [6, 6.07) is 17.8. The lowest BCUT2D eigenvalue weighted by atomic mass is 10.1. The van der Waals surface area contributed by atoms with Crippen molar-refractivity contribution in [1.82, 2.24) is 14.8 Å². The smallest absolute Gasteiger partial charge is 0.253 e. The van der Waals surface area contributed by atoms with Gasteiger partial charge >= 0.3 is 0 Å². The molecular formula is C23H25N3O2. The molecular weight excluding hydrogens is 350 g/mol. The Morgan fingerprint density at radius 2 is 1.75 bits per heavy atom. The monoisotopic (exact) mass is 375 g/mol. The molecule has 1 aliphatic heterocycles. The van der Waals surface area contributed by atoms with Crippen molar-refractivity contribution in [3.05, 3.63) is 71.9 Å². The number of amides is 1. The highest BCUT2D eigenvalue weighted by Gasteiger charge is 2.22. The molecule has 0 radical (unpaired) electrons. The topological polar surface area (TPSA) is 45.7 Å². The SMILES string of the molecule is CCOc1ccc(C(=O)N2CCN(Cc3cccc4cccnc34)CC2)cc1. The van der Waals surface area contributed by atoms with Gasteiger partial charge in [0.15, 0.2) is 0 Å². The first-order chi connectivity index (χ1) is 13.7. The number of hydrogen-bond donors (Lipinski definition) is 0. The normalized spacial score (nSPS) is 15.0. The zero-order valence-corrected chi connectivity index (χ0v) is 16.2. The zero-order chi connectivity index (χ0) is 19.3. The van der Waals surface area contributed by atoms with Crippen LogP contribution in [0.1, 0.15) is 22.8 Å². The summed E-state index contributed by atoms with van der Waals surface area (Å²) in [4.78, 5) is 21.6. The van der Waals surface area contributed by atoms with Crippen LogP contribution in [-0.2, 0) is 6.54 Å². The molecule has 0 atom stereocenters. The molecule has 0 bridgehead atoms. The van der Waals surface area contributed by atoms with Crippen LogP contribution in [0.15, 0.2) is 60.8 Å². The molecule has 0 spiro atoms. The number of aromatic nitrogens is 1. The van der Waals surface area contributed by atoms with Crippen molar-refractivity contribution in [1.29, 1.82) is 0 Å². The summed E-state index contributed by atoms with van der Waals surface area (Å²) in [6.07, 6.45) is 1.85. The molecule has 1 aliphatic rings. The highest BCUT2D eigenvalue weighted by Crippen LogP contribution is 2.19. The molecule has 3 aromatic rings. The van der Waals surface area contributed by atoms with E-state index in [1.807, 2.05) is 48.4 Å². The fourth-order valence-electron chi connectivity index (χ4n) is 3.69. The molecule has 144 valence electrons. The van der Waals surface area contributed by atoms with Gasteiger partial charge in [-0.1, -0.05) is 24.3 Å². The molecule has 1 fully saturated rings. The minimum absolute atomic E-state index is 0.0922. The van der Waals surface area contributed by atoms with Gasteiger partial charge in [-0.25, -0.2) is 0 Å². The van der Waals surface area contributed by atoms with Gasteiger partial charge in [-0.05, 0) is 42.8 Å². The van der Waals surface area contributed by atoms with Crippen LogP contribution in [0.25, 0.3) is 10.9 Å². The maximum absolute atomic E-state index is 12.8. The van der Waals surface area contributed by atoms with Gasteiger partial charge in [0.2, 0.25) is 0 Å². The number of pyridine rings is 1. The Balaban J connectivity index is 1.37. The maximum Gasteiger partial charge on any atom is 0.253 e. The van der Waals surface area contributed by atoms with Crippen LogP contribution in [0.2, 0.25) is 0 Å². The summed E-state index contributed by atoms with van der Waals surface area (Å²) in [5.74, 6) is 0.891. The molecule has 2 aromatic carbocycles. The molecule has 1 saturated heterocycles. The molecule has 28 heavy (non-hydrogen) atoms. The number of rotatable bonds is 5.